The van der Waals surface area contributed by atoms with E-state index in [1.807, 2.05) is 0 Å². The monoisotopic (exact) mass is 326 g/mol. The van der Waals surface area contributed by atoms with Gasteiger partial charge in [-0.15, -0.1) is 0 Å². The lowest BCUT2D eigenvalue weighted by atomic mass is 9.71. The molecule has 134 valence electrons. The summed E-state index contributed by atoms with van der Waals surface area (Å²) >= 11 is 0. The van der Waals surface area contributed by atoms with Crippen molar-refractivity contribution < 1.29 is 19.8 Å². The van der Waals surface area contributed by atoms with E-state index in [9.17, 15) is 14.7 Å². The van der Waals surface area contributed by atoms with Crippen LogP contribution in [0.4, 0.5) is 0 Å². The normalized spacial score (nSPS) is 24.5. The molecule has 0 heterocycles. The Hall–Kier alpha value is -0.900. The molecule has 2 N–H and O–H groups in total. The maximum absolute atomic E-state index is 11.7. The fraction of sp³-hybridized carbons (Fsp3) is 0.895. The highest BCUT2D eigenvalue weighted by Crippen LogP contribution is 2.38. The van der Waals surface area contributed by atoms with Crippen LogP contribution in [0.2, 0.25) is 0 Å². The molecule has 23 heavy (non-hydrogen) atoms. The maximum Gasteiger partial charge on any atom is 0.303 e. The molecule has 1 aliphatic rings. The summed E-state index contributed by atoms with van der Waals surface area (Å²) < 4.78 is 0. The lowest BCUT2D eigenvalue weighted by Gasteiger charge is -2.39. The molecule has 0 unspecified atom stereocenters. The first-order valence-electron chi connectivity index (χ1n) is 9.40. The summed E-state index contributed by atoms with van der Waals surface area (Å²) in [4.78, 5) is 22.1. The van der Waals surface area contributed by atoms with E-state index in [4.69, 9.17) is 5.11 Å². The van der Waals surface area contributed by atoms with Crippen LogP contribution in [-0.4, -0.2) is 27.6 Å². The van der Waals surface area contributed by atoms with E-state index in [0.29, 0.717) is 0 Å². The zero-order valence-corrected chi connectivity index (χ0v) is 14.7. The third-order valence-corrected chi connectivity index (χ3v) is 5.24. The Kier molecular flexibility index (Phi) is 9.46. The molecule has 0 aliphatic heterocycles. The quantitative estimate of drug-likeness (QED) is 0.518. The second kappa shape index (κ2) is 10.8. The van der Waals surface area contributed by atoms with Crippen LogP contribution in [-0.2, 0) is 9.59 Å². The molecular weight excluding hydrogens is 292 g/mol. The van der Waals surface area contributed by atoms with Crippen molar-refractivity contribution in [2.45, 2.75) is 102 Å². The van der Waals surface area contributed by atoms with E-state index in [1.54, 1.807) is 6.92 Å². The highest BCUT2D eigenvalue weighted by atomic mass is 16.4. The maximum atomic E-state index is 11.7. The van der Waals surface area contributed by atoms with Gasteiger partial charge in [-0.05, 0) is 32.6 Å². The van der Waals surface area contributed by atoms with Gasteiger partial charge in [0.25, 0.3) is 0 Å². The Morgan fingerprint density at radius 3 is 2.09 bits per heavy atom. The standard InChI is InChI=1S/C19H34O4/c1-16(20)17-12-9-11-15-19(17,23)14-10-7-5-3-2-4-6-8-13-18(21)22/h17,23H,2-15H2,1H3,(H,21,22)/t17-,19+/m0/s1. The number of hydrogen-bond acceptors (Lipinski definition) is 3. The van der Waals surface area contributed by atoms with Gasteiger partial charge in [-0.3, -0.25) is 9.59 Å². The first kappa shape index (κ1) is 20.1. The van der Waals surface area contributed by atoms with Crippen LogP contribution in [0.15, 0.2) is 0 Å². The average Bonchev–Trinajstić information content (AvgIpc) is 2.49. The number of ketones is 1. The molecule has 0 radical (unpaired) electrons. The Morgan fingerprint density at radius 1 is 0.957 bits per heavy atom. The molecule has 4 heteroatoms. The molecule has 0 aromatic rings. The SMILES string of the molecule is CC(=O)[C@@H]1CCCC[C@]1(O)CCCCCCCCCCC(=O)O. The number of aliphatic carboxylic acids is 1. The van der Waals surface area contributed by atoms with Crippen molar-refractivity contribution in [2.24, 2.45) is 5.92 Å². The van der Waals surface area contributed by atoms with Crippen molar-refractivity contribution in [2.75, 3.05) is 0 Å². The number of carboxylic acids is 1. The van der Waals surface area contributed by atoms with Gasteiger partial charge in [0.1, 0.15) is 5.78 Å². The Morgan fingerprint density at radius 2 is 1.52 bits per heavy atom. The molecular formula is C19H34O4. The van der Waals surface area contributed by atoms with Crippen molar-refractivity contribution >= 4 is 11.8 Å². The number of carbonyl (C=O) groups excluding carboxylic acids is 1. The summed E-state index contributed by atoms with van der Waals surface area (Å²) in [5.41, 5.74) is -0.749. The summed E-state index contributed by atoms with van der Waals surface area (Å²) in [5.74, 6) is -0.700. The second-order valence-corrected chi connectivity index (χ2v) is 7.23. The smallest absolute Gasteiger partial charge is 0.303 e. The Labute approximate surface area is 140 Å². The van der Waals surface area contributed by atoms with Crippen LogP contribution in [0.25, 0.3) is 0 Å². The van der Waals surface area contributed by atoms with Crippen LogP contribution in [0.5, 0.6) is 0 Å². The van der Waals surface area contributed by atoms with Crippen molar-refractivity contribution in [1.29, 1.82) is 0 Å². The molecule has 1 saturated carbocycles. The summed E-state index contributed by atoms with van der Waals surface area (Å²) in [7, 11) is 0. The topological polar surface area (TPSA) is 74.6 Å². The van der Waals surface area contributed by atoms with Gasteiger partial charge >= 0.3 is 5.97 Å². The van der Waals surface area contributed by atoms with Crippen LogP contribution in [0.3, 0.4) is 0 Å². The fourth-order valence-electron chi connectivity index (χ4n) is 3.87. The molecule has 1 rings (SSSR count). The third kappa shape index (κ3) is 7.96. The molecule has 0 spiro atoms. The van der Waals surface area contributed by atoms with Crippen molar-refractivity contribution in [3.05, 3.63) is 0 Å². The predicted octanol–water partition coefficient (Wildman–Crippen LogP) is 4.48. The first-order valence-corrected chi connectivity index (χ1v) is 9.40. The molecule has 0 bridgehead atoms. The molecule has 1 aliphatic carbocycles. The number of hydrogen-bond donors (Lipinski definition) is 2. The summed E-state index contributed by atoms with van der Waals surface area (Å²) in [5, 5.41) is 19.3. The van der Waals surface area contributed by atoms with Gasteiger partial charge in [0.05, 0.1) is 5.60 Å². The van der Waals surface area contributed by atoms with E-state index < -0.39 is 11.6 Å². The van der Waals surface area contributed by atoms with E-state index in [2.05, 4.69) is 0 Å². The van der Waals surface area contributed by atoms with Gasteiger partial charge < -0.3 is 10.2 Å². The van der Waals surface area contributed by atoms with Crippen LogP contribution >= 0.6 is 0 Å². The van der Waals surface area contributed by atoms with E-state index in [1.165, 1.54) is 19.3 Å². The number of Topliss-reactive ketones (excluding diaryl/α,β-unsaturated/α-hetero) is 1. The first-order chi connectivity index (χ1) is 11.0. The Bertz CT molecular complexity index is 366. The van der Waals surface area contributed by atoms with E-state index in [0.717, 1.165) is 64.2 Å². The summed E-state index contributed by atoms with van der Waals surface area (Å²) in [6.45, 7) is 1.62. The predicted molar refractivity (Wildman–Crippen MR) is 91.4 cm³/mol. The molecule has 1 fully saturated rings. The molecule has 0 saturated heterocycles. The minimum Gasteiger partial charge on any atom is -0.481 e. The van der Waals surface area contributed by atoms with Crippen molar-refractivity contribution in [3.63, 3.8) is 0 Å². The van der Waals surface area contributed by atoms with E-state index in [-0.39, 0.29) is 18.1 Å². The molecule has 0 aromatic carbocycles. The van der Waals surface area contributed by atoms with Gasteiger partial charge in [0.15, 0.2) is 0 Å². The number of carbonyl (C=O) groups is 2. The minimum atomic E-state index is -0.749. The van der Waals surface area contributed by atoms with Crippen LogP contribution < -0.4 is 0 Å². The zero-order chi connectivity index (χ0) is 17.1. The number of carboxylic acid groups (broad SMARTS) is 1. The average molecular weight is 326 g/mol. The Balaban J connectivity index is 2.05. The molecule has 0 amide bonds. The number of aliphatic hydroxyl groups is 1. The van der Waals surface area contributed by atoms with Gasteiger partial charge in [-0.25, -0.2) is 0 Å². The van der Waals surface area contributed by atoms with Crippen molar-refractivity contribution in [3.8, 4) is 0 Å². The van der Waals surface area contributed by atoms with E-state index >= 15 is 0 Å². The van der Waals surface area contributed by atoms with Crippen LogP contribution in [0, 0.1) is 5.92 Å². The summed E-state index contributed by atoms with van der Waals surface area (Å²) in [6, 6.07) is 0. The lowest BCUT2D eigenvalue weighted by molar-refractivity contribution is -0.137. The number of unbranched alkanes of at least 4 members (excludes halogenated alkanes) is 7. The highest BCUT2D eigenvalue weighted by molar-refractivity contribution is 5.79. The van der Waals surface area contributed by atoms with Gasteiger partial charge in [0, 0.05) is 12.3 Å². The summed E-state index contributed by atoms with van der Waals surface area (Å²) in [6.07, 6.45) is 13.3. The second-order valence-electron chi connectivity index (χ2n) is 7.23. The fourth-order valence-corrected chi connectivity index (χ4v) is 3.87. The largest absolute Gasteiger partial charge is 0.481 e. The lowest BCUT2D eigenvalue weighted by Crippen LogP contribution is -2.44. The zero-order valence-electron chi connectivity index (χ0n) is 14.7. The molecule has 0 aromatic heterocycles. The van der Waals surface area contributed by atoms with Gasteiger partial charge in [-0.1, -0.05) is 57.8 Å². The highest BCUT2D eigenvalue weighted by Gasteiger charge is 2.40. The number of rotatable bonds is 12. The molecule has 2 atom stereocenters. The van der Waals surface area contributed by atoms with Crippen LogP contribution in [0.1, 0.15) is 96.8 Å². The van der Waals surface area contributed by atoms with Gasteiger partial charge in [0.2, 0.25) is 0 Å². The third-order valence-electron chi connectivity index (χ3n) is 5.24. The van der Waals surface area contributed by atoms with Gasteiger partial charge in [-0.2, -0.15) is 0 Å². The van der Waals surface area contributed by atoms with Crippen molar-refractivity contribution in [1.82, 2.24) is 0 Å². The minimum absolute atomic E-state index is 0.147. The molecule has 4 nitrogen and oxygen atoms in total.